The van der Waals surface area contributed by atoms with Crippen LogP contribution in [0.3, 0.4) is 0 Å². The van der Waals surface area contributed by atoms with Gasteiger partial charge < -0.3 is 15.3 Å². The first-order chi connectivity index (χ1) is 9.49. The standard InChI is InChI=1S/C13H14Cl2N2O3/c14-9-2-1-3-10(11(9)15)16-13(20)17-6-4-8(5-7-17)12(18)19/h1-3,8H,4-7H2,(H,16,20)(H,18,19). The molecule has 0 saturated carbocycles. The summed E-state index contributed by atoms with van der Waals surface area (Å²) in [5.74, 6) is -1.17. The third-order valence-corrected chi connectivity index (χ3v) is 4.14. The number of aliphatic carboxylic acids is 1. The van der Waals surface area contributed by atoms with Crippen molar-refractivity contribution in [2.45, 2.75) is 12.8 Å². The molecular formula is C13H14Cl2N2O3. The molecule has 0 bridgehead atoms. The van der Waals surface area contributed by atoms with E-state index in [9.17, 15) is 9.59 Å². The van der Waals surface area contributed by atoms with Crippen molar-refractivity contribution in [1.82, 2.24) is 4.90 Å². The molecule has 20 heavy (non-hydrogen) atoms. The Bertz CT molecular complexity index is 528. The number of nitrogens with zero attached hydrogens (tertiary/aromatic N) is 1. The third-order valence-electron chi connectivity index (χ3n) is 3.32. The van der Waals surface area contributed by atoms with E-state index in [1.807, 2.05) is 0 Å². The highest BCUT2D eigenvalue weighted by molar-refractivity contribution is 6.43. The van der Waals surface area contributed by atoms with E-state index < -0.39 is 5.97 Å². The van der Waals surface area contributed by atoms with Gasteiger partial charge in [0.25, 0.3) is 0 Å². The van der Waals surface area contributed by atoms with Crippen LogP contribution in [-0.2, 0) is 4.79 Å². The predicted molar refractivity (Wildman–Crippen MR) is 77.4 cm³/mol. The van der Waals surface area contributed by atoms with Gasteiger partial charge >= 0.3 is 12.0 Å². The summed E-state index contributed by atoms with van der Waals surface area (Å²) >= 11 is 11.9. The molecule has 1 fully saturated rings. The fraction of sp³-hybridized carbons (Fsp3) is 0.385. The van der Waals surface area contributed by atoms with Gasteiger partial charge in [0.1, 0.15) is 0 Å². The number of likely N-dealkylation sites (tertiary alicyclic amines) is 1. The Morgan fingerprint density at radius 1 is 1.25 bits per heavy atom. The van der Waals surface area contributed by atoms with E-state index >= 15 is 0 Å². The Morgan fingerprint density at radius 3 is 2.50 bits per heavy atom. The van der Waals surface area contributed by atoms with Crippen LogP contribution in [0.5, 0.6) is 0 Å². The number of halogens is 2. The minimum Gasteiger partial charge on any atom is -0.481 e. The highest BCUT2D eigenvalue weighted by Crippen LogP contribution is 2.30. The molecule has 1 aliphatic heterocycles. The number of hydrogen-bond acceptors (Lipinski definition) is 2. The van der Waals surface area contributed by atoms with Crippen molar-refractivity contribution in [1.29, 1.82) is 0 Å². The second kappa shape index (κ2) is 6.33. The van der Waals surface area contributed by atoms with Gasteiger partial charge in [0.15, 0.2) is 0 Å². The number of piperidine rings is 1. The zero-order valence-electron chi connectivity index (χ0n) is 10.6. The monoisotopic (exact) mass is 316 g/mol. The number of nitrogens with one attached hydrogen (secondary N) is 1. The van der Waals surface area contributed by atoms with Crippen LogP contribution >= 0.6 is 23.2 Å². The Labute approximate surface area is 126 Å². The number of carboxylic acid groups (broad SMARTS) is 1. The maximum Gasteiger partial charge on any atom is 0.321 e. The molecular weight excluding hydrogens is 303 g/mol. The van der Waals surface area contributed by atoms with E-state index in [1.165, 1.54) is 0 Å². The molecule has 2 rings (SSSR count). The molecule has 2 N–H and O–H groups in total. The lowest BCUT2D eigenvalue weighted by Crippen LogP contribution is -2.42. The molecule has 0 unspecified atom stereocenters. The Balaban J connectivity index is 1.96. The largest absolute Gasteiger partial charge is 0.481 e. The van der Waals surface area contributed by atoms with Crippen LogP contribution in [0.2, 0.25) is 10.0 Å². The van der Waals surface area contributed by atoms with Crippen LogP contribution in [0.15, 0.2) is 18.2 Å². The Morgan fingerprint density at radius 2 is 1.90 bits per heavy atom. The SMILES string of the molecule is O=C(O)C1CCN(C(=O)Nc2cccc(Cl)c2Cl)CC1. The van der Waals surface area contributed by atoms with Crippen LogP contribution in [0, 0.1) is 5.92 Å². The van der Waals surface area contributed by atoms with Crippen molar-refractivity contribution in [2.75, 3.05) is 18.4 Å². The molecule has 0 atom stereocenters. The lowest BCUT2D eigenvalue weighted by molar-refractivity contribution is -0.143. The maximum absolute atomic E-state index is 12.1. The van der Waals surface area contributed by atoms with Crippen molar-refractivity contribution >= 4 is 40.9 Å². The highest BCUT2D eigenvalue weighted by Gasteiger charge is 2.27. The number of benzene rings is 1. The maximum atomic E-state index is 12.1. The molecule has 0 spiro atoms. The van der Waals surface area contributed by atoms with Crippen molar-refractivity contribution in [3.63, 3.8) is 0 Å². The summed E-state index contributed by atoms with van der Waals surface area (Å²) in [4.78, 5) is 24.5. The summed E-state index contributed by atoms with van der Waals surface area (Å²) in [5, 5.41) is 12.3. The summed E-state index contributed by atoms with van der Waals surface area (Å²) in [6.45, 7) is 0.835. The number of rotatable bonds is 2. The van der Waals surface area contributed by atoms with Gasteiger partial charge in [0.2, 0.25) is 0 Å². The van der Waals surface area contributed by atoms with E-state index in [2.05, 4.69) is 5.32 Å². The summed E-state index contributed by atoms with van der Waals surface area (Å²) in [7, 11) is 0. The molecule has 1 aliphatic rings. The van der Waals surface area contributed by atoms with Gasteiger partial charge in [-0.2, -0.15) is 0 Å². The van der Waals surface area contributed by atoms with Gasteiger partial charge in [-0.15, -0.1) is 0 Å². The van der Waals surface area contributed by atoms with Crippen LogP contribution in [0.25, 0.3) is 0 Å². The topological polar surface area (TPSA) is 69.6 Å². The molecule has 0 aliphatic carbocycles. The van der Waals surface area contributed by atoms with Crippen molar-refractivity contribution in [2.24, 2.45) is 5.92 Å². The molecule has 0 radical (unpaired) electrons. The predicted octanol–water partition coefficient (Wildman–Crippen LogP) is 3.32. The molecule has 1 aromatic carbocycles. The summed E-state index contributed by atoms with van der Waals surface area (Å²) in [5.41, 5.74) is 0.449. The van der Waals surface area contributed by atoms with Crippen LogP contribution in [0.4, 0.5) is 10.5 Å². The van der Waals surface area contributed by atoms with E-state index in [4.69, 9.17) is 28.3 Å². The average molecular weight is 317 g/mol. The van der Waals surface area contributed by atoms with E-state index in [-0.39, 0.29) is 11.9 Å². The lowest BCUT2D eigenvalue weighted by Gasteiger charge is -2.30. The van der Waals surface area contributed by atoms with Crippen molar-refractivity contribution in [3.05, 3.63) is 28.2 Å². The van der Waals surface area contributed by atoms with Crippen LogP contribution in [0.1, 0.15) is 12.8 Å². The Kier molecular flexibility index (Phi) is 4.73. The third kappa shape index (κ3) is 3.35. The number of carboxylic acids is 1. The summed E-state index contributed by atoms with van der Waals surface area (Å²) in [6, 6.07) is 4.70. The second-order valence-corrected chi connectivity index (χ2v) is 5.42. The molecule has 1 heterocycles. The number of anilines is 1. The van der Waals surface area contributed by atoms with Gasteiger partial charge in [-0.3, -0.25) is 4.79 Å². The Hall–Kier alpha value is -1.46. The number of carbonyl (C=O) groups is 2. The number of amides is 2. The van der Waals surface area contributed by atoms with E-state index in [0.29, 0.717) is 41.7 Å². The highest BCUT2D eigenvalue weighted by atomic mass is 35.5. The van der Waals surface area contributed by atoms with Gasteiger partial charge in [-0.1, -0.05) is 29.3 Å². The second-order valence-electron chi connectivity index (χ2n) is 4.63. The van der Waals surface area contributed by atoms with Crippen LogP contribution < -0.4 is 5.32 Å². The van der Waals surface area contributed by atoms with Crippen molar-refractivity contribution < 1.29 is 14.7 Å². The summed E-state index contributed by atoms with van der Waals surface area (Å²) < 4.78 is 0. The zero-order chi connectivity index (χ0) is 14.7. The van der Waals surface area contributed by atoms with Gasteiger partial charge in [-0.25, -0.2) is 4.79 Å². The number of carbonyl (C=O) groups excluding carboxylic acids is 1. The molecule has 0 aromatic heterocycles. The lowest BCUT2D eigenvalue weighted by atomic mass is 9.97. The average Bonchev–Trinajstić information content (AvgIpc) is 2.44. The smallest absolute Gasteiger partial charge is 0.321 e. The fourth-order valence-electron chi connectivity index (χ4n) is 2.12. The first-order valence-corrected chi connectivity index (χ1v) is 6.97. The molecule has 108 valence electrons. The molecule has 1 aromatic rings. The first-order valence-electron chi connectivity index (χ1n) is 6.22. The molecule has 2 amide bonds. The summed E-state index contributed by atoms with van der Waals surface area (Å²) in [6.07, 6.45) is 0.929. The van der Waals surface area contributed by atoms with Crippen LogP contribution in [-0.4, -0.2) is 35.1 Å². The van der Waals surface area contributed by atoms with Gasteiger partial charge in [0, 0.05) is 13.1 Å². The first kappa shape index (κ1) is 14.9. The van der Waals surface area contributed by atoms with E-state index in [1.54, 1.807) is 23.1 Å². The van der Waals surface area contributed by atoms with Crippen molar-refractivity contribution in [3.8, 4) is 0 Å². The minimum absolute atomic E-state index is 0.294. The quantitative estimate of drug-likeness (QED) is 0.879. The number of urea groups is 1. The van der Waals surface area contributed by atoms with E-state index in [0.717, 1.165) is 0 Å². The molecule has 1 saturated heterocycles. The molecule has 7 heteroatoms. The molecule has 5 nitrogen and oxygen atoms in total. The fourth-order valence-corrected chi connectivity index (χ4v) is 2.47. The normalized spacial score (nSPS) is 16.0. The zero-order valence-corrected chi connectivity index (χ0v) is 12.1. The van der Waals surface area contributed by atoms with Gasteiger partial charge in [-0.05, 0) is 25.0 Å². The minimum atomic E-state index is -0.803. The number of hydrogen-bond donors (Lipinski definition) is 2. The van der Waals surface area contributed by atoms with Gasteiger partial charge in [0.05, 0.1) is 21.7 Å².